The van der Waals surface area contributed by atoms with Crippen molar-refractivity contribution in [1.29, 1.82) is 0 Å². The molecule has 0 radical (unpaired) electrons. The van der Waals surface area contributed by atoms with Gasteiger partial charge in [-0.15, -0.1) is 0 Å². The van der Waals surface area contributed by atoms with Crippen molar-refractivity contribution in [3.05, 3.63) is 12.7 Å². The fraction of sp³-hybridized carbons (Fsp3) is 0.824. The second kappa shape index (κ2) is 6.53. The molecule has 24 heavy (non-hydrogen) atoms. The van der Waals surface area contributed by atoms with Crippen molar-refractivity contribution in [2.75, 3.05) is 6.61 Å². The lowest BCUT2D eigenvalue weighted by Gasteiger charge is -2.37. The molecule has 0 spiro atoms. The van der Waals surface area contributed by atoms with E-state index in [-0.39, 0.29) is 5.04 Å². The summed E-state index contributed by atoms with van der Waals surface area (Å²) in [6.45, 7) is 18.3. The van der Waals surface area contributed by atoms with Crippen molar-refractivity contribution in [1.82, 2.24) is 0 Å². The van der Waals surface area contributed by atoms with Crippen LogP contribution in [0, 0.1) is 0 Å². The predicted molar refractivity (Wildman–Crippen MR) is 91.9 cm³/mol. The minimum Gasteiger partial charge on any atom is -0.453 e. The minimum atomic E-state index is -1.94. The third-order valence-electron chi connectivity index (χ3n) is 4.92. The van der Waals surface area contributed by atoms with E-state index < -0.39 is 44.7 Å². The molecule has 2 fully saturated rings. The average molecular weight is 359 g/mol. The van der Waals surface area contributed by atoms with Crippen LogP contribution in [0.2, 0.25) is 18.1 Å². The highest BCUT2D eigenvalue weighted by atomic mass is 28.4. The monoisotopic (exact) mass is 358 g/mol. The van der Waals surface area contributed by atoms with Gasteiger partial charge in [0.05, 0.1) is 6.61 Å². The SMILES string of the molecule is C=CC(=O)O[C@@H]1[C@H]2OC(C)(C)O[C@H]2O[C@@H]1CO[Si](C)(C)C(C)(C)C. The highest BCUT2D eigenvalue weighted by molar-refractivity contribution is 6.74. The molecule has 2 aliphatic heterocycles. The summed E-state index contributed by atoms with van der Waals surface area (Å²) in [4.78, 5) is 11.7. The number of rotatable bonds is 5. The van der Waals surface area contributed by atoms with Crippen LogP contribution in [0.1, 0.15) is 34.6 Å². The molecule has 0 unspecified atom stereocenters. The van der Waals surface area contributed by atoms with Gasteiger partial charge in [-0.3, -0.25) is 0 Å². The molecule has 2 saturated heterocycles. The lowest BCUT2D eigenvalue weighted by molar-refractivity contribution is -0.221. The molecule has 0 aromatic heterocycles. The van der Waals surface area contributed by atoms with Gasteiger partial charge in [-0.1, -0.05) is 27.4 Å². The molecule has 0 aliphatic carbocycles. The van der Waals surface area contributed by atoms with E-state index in [9.17, 15) is 4.79 Å². The first-order chi connectivity index (χ1) is 10.9. The smallest absolute Gasteiger partial charge is 0.330 e. The molecule has 0 N–H and O–H groups in total. The molecule has 2 rings (SSSR count). The van der Waals surface area contributed by atoms with E-state index in [1.807, 2.05) is 13.8 Å². The number of esters is 1. The lowest BCUT2D eigenvalue weighted by atomic mass is 10.1. The van der Waals surface area contributed by atoms with Crippen molar-refractivity contribution in [2.24, 2.45) is 0 Å². The van der Waals surface area contributed by atoms with Crippen LogP contribution >= 0.6 is 0 Å². The molecule has 2 heterocycles. The third kappa shape index (κ3) is 4.08. The van der Waals surface area contributed by atoms with Gasteiger partial charge in [0.15, 0.2) is 32.6 Å². The third-order valence-corrected chi connectivity index (χ3v) is 9.42. The molecule has 7 heteroatoms. The second-order valence-electron chi connectivity index (χ2n) is 8.32. The van der Waals surface area contributed by atoms with E-state index in [0.717, 1.165) is 6.08 Å². The summed E-state index contributed by atoms with van der Waals surface area (Å²) >= 11 is 0. The Morgan fingerprint density at radius 3 is 2.46 bits per heavy atom. The zero-order valence-electron chi connectivity index (χ0n) is 15.8. The van der Waals surface area contributed by atoms with Crippen LogP contribution in [0.3, 0.4) is 0 Å². The Hall–Kier alpha value is -0.733. The molecule has 4 atom stereocenters. The number of carbonyl (C=O) groups is 1. The summed E-state index contributed by atoms with van der Waals surface area (Å²) in [7, 11) is -1.94. The highest BCUT2D eigenvalue weighted by Gasteiger charge is 2.57. The van der Waals surface area contributed by atoms with Crippen molar-refractivity contribution >= 4 is 14.3 Å². The Bertz CT molecular complexity index is 496. The molecular weight excluding hydrogens is 328 g/mol. The number of fused-ring (bicyclic) bond motifs is 1. The van der Waals surface area contributed by atoms with Gasteiger partial charge >= 0.3 is 5.97 Å². The average Bonchev–Trinajstić information content (AvgIpc) is 2.88. The number of carbonyl (C=O) groups excluding carboxylic acids is 1. The minimum absolute atomic E-state index is 0.0871. The molecule has 0 aromatic carbocycles. The molecule has 0 bridgehead atoms. The summed E-state index contributed by atoms with van der Waals surface area (Å²) in [6, 6.07) is 0. The fourth-order valence-corrected chi connectivity index (χ4v) is 3.53. The molecule has 6 nitrogen and oxygen atoms in total. The molecule has 0 saturated carbocycles. The quantitative estimate of drug-likeness (QED) is 0.428. The van der Waals surface area contributed by atoms with Crippen molar-refractivity contribution in [2.45, 2.75) is 83.1 Å². The van der Waals surface area contributed by atoms with E-state index in [2.05, 4.69) is 40.4 Å². The van der Waals surface area contributed by atoms with Crippen molar-refractivity contribution < 1.29 is 28.2 Å². The Morgan fingerprint density at radius 2 is 1.92 bits per heavy atom. The molecule has 0 amide bonds. The molecule has 0 aromatic rings. The van der Waals surface area contributed by atoms with E-state index in [1.165, 1.54) is 0 Å². The summed E-state index contributed by atoms with van der Waals surface area (Å²) in [5.74, 6) is -1.27. The van der Waals surface area contributed by atoms with Crippen LogP contribution in [0.25, 0.3) is 0 Å². The van der Waals surface area contributed by atoms with Crippen molar-refractivity contribution in [3.8, 4) is 0 Å². The summed E-state index contributed by atoms with van der Waals surface area (Å²) in [6.07, 6.45) is -0.881. The summed E-state index contributed by atoms with van der Waals surface area (Å²) < 4.78 is 29.2. The first kappa shape index (κ1) is 19.6. The van der Waals surface area contributed by atoms with Crippen LogP contribution < -0.4 is 0 Å². The normalized spacial score (nSPS) is 32.5. The van der Waals surface area contributed by atoms with Gasteiger partial charge < -0.3 is 23.4 Å². The van der Waals surface area contributed by atoms with Gasteiger partial charge in [0.25, 0.3) is 0 Å². The van der Waals surface area contributed by atoms with Crippen LogP contribution in [-0.4, -0.2) is 51.3 Å². The second-order valence-corrected chi connectivity index (χ2v) is 13.1. The van der Waals surface area contributed by atoms with Gasteiger partial charge in [0.2, 0.25) is 0 Å². The maximum absolute atomic E-state index is 11.7. The maximum atomic E-state index is 11.7. The Balaban J connectivity index is 2.08. The largest absolute Gasteiger partial charge is 0.453 e. The van der Waals surface area contributed by atoms with Gasteiger partial charge in [0.1, 0.15) is 6.10 Å². The highest BCUT2D eigenvalue weighted by Crippen LogP contribution is 2.41. The zero-order chi connectivity index (χ0) is 18.3. The molecule has 2 aliphatic rings. The lowest BCUT2D eigenvalue weighted by Crippen LogP contribution is -2.46. The zero-order valence-corrected chi connectivity index (χ0v) is 16.8. The predicted octanol–water partition coefficient (Wildman–Crippen LogP) is 2.98. The van der Waals surface area contributed by atoms with Crippen LogP contribution in [0.5, 0.6) is 0 Å². The standard InChI is InChI=1S/C17H30O6Si/c1-9-12(18)21-13-11(10-19-24(7,8)16(2,3)4)20-15-14(13)22-17(5,6)23-15/h9,11,13-15H,1,10H2,2-8H3/t11-,13+,14-,15-/m1/s1. The first-order valence-electron chi connectivity index (χ1n) is 8.34. The Labute approximate surface area is 145 Å². The van der Waals surface area contributed by atoms with Gasteiger partial charge in [-0.25, -0.2) is 4.79 Å². The Morgan fingerprint density at radius 1 is 1.29 bits per heavy atom. The number of hydrogen-bond acceptors (Lipinski definition) is 6. The van der Waals surface area contributed by atoms with Crippen LogP contribution in [0.4, 0.5) is 0 Å². The maximum Gasteiger partial charge on any atom is 0.330 e. The van der Waals surface area contributed by atoms with E-state index in [0.29, 0.717) is 6.61 Å². The molecular formula is C17H30O6Si. The van der Waals surface area contributed by atoms with Crippen LogP contribution in [-0.2, 0) is 28.2 Å². The number of ether oxygens (including phenoxy) is 4. The van der Waals surface area contributed by atoms with Gasteiger partial charge in [-0.2, -0.15) is 0 Å². The van der Waals surface area contributed by atoms with Crippen molar-refractivity contribution in [3.63, 3.8) is 0 Å². The summed E-state index contributed by atoms with van der Waals surface area (Å²) in [5.41, 5.74) is 0. The fourth-order valence-electron chi connectivity index (χ4n) is 2.51. The van der Waals surface area contributed by atoms with Gasteiger partial charge in [-0.05, 0) is 32.0 Å². The summed E-state index contributed by atoms with van der Waals surface area (Å²) in [5, 5.41) is 0.0871. The Kier molecular flexibility index (Phi) is 5.33. The molecule has 138 valence electrons. The number of hydrogen-bond donors (Lipinski definition) is 0. The van der Waals surface area contributed by atoms with E-state index in [4.69, 9.17) is 23.4 Å². The van der Waals surface area contributed by atoms with Crippen LogP contribution in [0.15, 0.2) is 12.7 Å². The topological polar surface area (TPSA) is 63.2 Å². The first-order valence-corrected chi connectivity index (χ1v) is 11.3. The van der Waals surface area contributed by atoms with E-state index in [1.54, 1.807) is 0 Å². The van der Waals surface area contributed by atoms with E-state index >= 15 is 0 Å². The van der Waals surface area contributed by atoms with Gasteiger partial charge in [0, 0.05) is 6.08 Å².